The van der Waals surface area contributed by atoms with Crippen molar-refractivity contribution in [3.8, 4) is 0 Å². The van der Waals surface area contributed by atoms with Crippen molar-refractivity contribution in [2.75, 3.05) is 18.0 Å². The van der Waals surface area contributed by atoms with Gasteiger partial charge in [0.25, 0.3) is 5.91 Å². The molecule has 3 rings (SSSR count). The quantitative estimate of drug-likeness (QED) is 0.942. The highest BCUT2D eigenvalue weighted by Gasteiger charge is 2.24. The Balaban J connectivity index is 1.87. The fourth-order valence-corrected chi connectivity index (χ4v) is 3.32. The number of carbonyl (C=O) groups is 1. The van der Waals surface area contributed by atoms with E-state index >= 15 is 0 Å². The third-order valence-corrected chi connectivity index (χ3v) is 4.39. The number of nitrogens with two attached hydrogens (primary N) is 1. The number of aryl methyl sites for hydroxylation is 1. The lowest BCUT2D eigenvalue weighted by atomic mass is 10.0. The lowest BCUT2D eigenvalue weighted by Gasteiger charge is -2.28. The maximum absolute atomic E-state index is 12.6. The maximum atomic E-state index is 12.6. The highest BCUT2D eigenvalue weighted by Crippen LogP contribution is 2.28. The molecule has 1 aromatic heterocycles. The first-order chi connectivity index (χ1) is 9.79. The zero-order valence-corrected chi connectivity index (χ0v) is 12.0. The molecule has 0 unspecified atom stereocenters. The normalized spacial score (nSPS) is 14.2. The molecule has 0 saturated carbocycles. The second-order valence-corrected chi connectivity index (χ2v) is 5.80. The van der Waals surface area contributed by atoms with Crippen LogP contribution in [-0.2, 0) is 12.8 Å². The second-order valence-electron chi connectivity index (χ2n) is 4.85. The fraction of sp³-hybridized carbons (Fsp3) is 0.333. The average molecular weight is 287 g/mol. The van der Waals surface area contributed by atoms with E-state index in [1.807, 2.05) is 28.5 Å². The molecule has 0 aliphatic carbocycles. The summed E-state index contributed by atoms with van der Waals surface area (Å²) in [6.07, 6.45) is 2.77. The molecule has 4 nitrogen and oxygen atoms in total. The van der Waals surface area contributed by atoms with Crippen molar-refractivity contribution < 1.29 is 4.79 Å². The van der Waals surface area contributed by atoms with Gasteiger partial charge in [-0.15, -0.1) is 11.3 Å². The molecule has 20 heavy (non-hydrogen) atoms. The number of hydrogen-bond acceptors (Lipinski definition) is 4. The third-order valence-electron chi connectivity index (χ3n) is 3.48. The summed E-state index contributed by atoms with van der Waals surface area (Å²) in [5, 5.41) is 2.77. The van der Waals surface area contributed by atoms with Gasteiger partial charge in [-0.2, -0.15) is 0 Å². The minimum atomic E-state index is -0.00308. The zero-order valence-electron chi connectivity index (χ0n) is 11.2. The van der Waals surface area contributed by atoms with Crippen molar-refractivity contribution in [1.29, 1.82) is 0 Å². The molecule has 0 fully saturated rings. The molecule has 0 atom stereocenters. The molecular formula is C15H17N3OS. The SMILES string of the molecule is NCCc1nc(C(=O)N2CCCc3ccccc32)cs1. The zero-order chi connectivity index (χ0) is 13.9. The van der Waals surface area contributed by atoms with Crippen LogP contribution >= 0.6 is 11.3 Å². The van der Waals surface area contributed by atoms with Gasteiger partial charge in [0.15, 0.2) is 0 Å². The molecule has 0 radical (unpaired) electrons. The molecule has 1 amide bonds. The third kappa shape index (κ3) is 2.46. The van der Waals surface area contributed by atoms with Crippen molar-refractivity contribution in [2.45, 2.75) is 19.3 Å². The maximum Gasteiger partial charge on any atom is 0.277 e. The fourth-order valence-electron chi connectivity index (χ4n) is 2.53. The van der Waals surface area contributed by atoms with E-state index in [1.54, 1.807) is 0 Å². The topological polar surface area (TPSA) is 59.2 Å². The summed E-state index contributed by atoms with van der Waals surface area (Å²) in [6.45, 7) is 1.33. The minimum absolute atomic E-state index is 0.00308. The smallest absolute Gasteiger partial charge is 0.277 e. The molecule has 2 N–H and O–H groups in total. The van der Waals surface area contributed by atoms with E-state index in [0.717, 1.165) is 36.5 Å². The van der Waals surface area contributed by atoms with E-state index in [1.165, 1.54) is 16.9 Å². The van der Waals surface area contributed by atoms with E-state index in [9.17, 15) is 4.79 Å². The van der Waals surface area contributed by atoms with Crippen LogP contribution in [-0.4, -0.2) is 24.0 Å². The molecule has 104 valence electrons. The molecular weight excluding hydrogens is 270 g/mol. The lowest BCUT2D eigenvalue weighted by Crippen LogP contribution is -2.35. The predicted molar refractivity (Wildman–Crippen MR) is 81.3 cm³/mol. The molecule has 0 spiro atoms. The van der Waals surface area contributed by atoms with Gasteiger partial charge >= 0.3 is 0 Å². The number of hydrogen-bond donors (Lipinski definition) is 1. The number of thiazole rings is 1. The predicted octanol–water partition coefficient (Wildman–Crippen LogP) is 2.24. The highest BCUT2D eigenvalue weighted by molar-refractivity contribution is 7.09. The van der Waals surface area contributed by atoms with E-state index in [2.05, 4.69) is 11.1 Å². The lowest BCUT2D eigenvalue weighted by molar-refractivity contribution is 0.0981. The van der Waals surface area contributed by atoms with Gasteiger partial charge in [-0.3, -0.25) is 4.79 Å². The van der Waals surface area contributed by atoms with Crippen LogP contribution in [0, 0.1) is 0 Å². The van der Waals surface area contributed by atoms with Crippen LogP contribution in [0.1, 0.15) is 27.5 Å². The number of anilines is 1. The Kier molecular flexibility index (Phi) is 3.80. The van der Waals surface area contributed by atoms with E-state index < -0.39 is 0 Å². The van der Waals surface area contributed by atoms with Crippen LogP contribution in [0.5, 0.6) is 0 Å². The van der Waals surface area contributed by atoms with Crippen LogP contribution in [0.2, 0.25) is 0 Å². The molecule has 2 heterocycles. The van der Waals surface area contributed by atoms with Gasteiger partial charge in [0.2, 0.25) is 0 Å². The standard InChI is InChI=1S/C15H17N3OS/c16-8-7-14-17-12(10-20-14)15(19)18-9-3-5-11-4-1-2-6-13(11)18/h1-2,4,6,10H,3,5,7-9,16H2. The van der Waals surface area contributed by atoms with Crippen molar-refractivity contribution in [3.05, 3.63) is 45.9 Å². The number of nitrogens with zero attached hydrogens (tertiary/aromatic N) is 2. The molecule has 2 aromatic rings. The Hall–Kier alpha value is -1.72. The Morgan fingerprint density at radius 2 is 2.25 bits per heavy atom. The van der Waals surface area contributed by atoms with Crippen LogP contribution < -0.4 is 10.6 Å². The summed E-state index contributed by atoms with van der Waals surface area (Å²) in [4.78, 5) is 18.9. The Morgan fingerprint density at radius 3 is 3.10 bits per heavy atom. The van der Waals surface area contributed by atoms with Crippen LogP contribution in [0.3, 0.4) is 0 Å². The number of fused-ring (bicyclic) bond motifs is 1. The number of carbonyl (C=O) groups excluding carboxylic acids is 1. The van der Waals surface area contributed by atoms with Crippen molar-refractivity contribution in [2.24, 2.45) is 5.73 Å². The number of amides is 1. The van der Waals surface area contributed by atoms with Crippen molar-refractivity contribution in [3.63, 3.8) is 0 Å². The monoisotopic (exact) mass is 287 g/mol. The Labute approximate surface area is 122 Å². The summed E-state index contributed by atoms with van der Waals surface area (Å²) in [7, 11) is 0. The van der Waals surface area contributed by atoms with Gasteiger partial charge in [-0.1, -0.05) is 18.2 Å². The van der Waals surface area contributed by atoms with Gasteiger partial charge in [-0.05, 0) is 31.0 Å². The molecule has 0 saturated heterocycles. The highest BCUT2D eigenvalue weighted by atomic mass is 32.1. The number of benzene rings is 1. The molecule has 5 heteroatoms. The van der Waals surface area contributed by atoms with Gasteiger partial charge in [0, 0.05) is 24.0 Å². The summed E-state index contributed by atoms with van der Waals surface area (Å²) < 4.78 is 0. The Morgan fingerprint density at radius 1 is 1.40 bits per heavy atom. The summed E-state index contributed by atoms with van der Waals surface area (Å²) in [5.41, 5.74) is 8.33. The first-order valence-corrected chi connectivity index (χ1v) is 7.72. The average Bonchev–Trinajstić information content (AvgIpc) is 2.95. The number of para-hydroxylation sites is 1. The first kappa shape index (κ1) is 13.3. The van der Waals surface area contributed by atoms with Gasteiger partial charge in [0.1, 0.15) is 5.69 Å². The summed E-state index contributed by atoms with van der Waals surface area (Å²) in [6, 6.07) is 8.11. The summed E-state index contributed by atoms with van der Waals surface area (Å²) >= 11 is 1.51. The van der Waals surface area contributed by atoms with Crippen molar-refractivity contribution in [1.82, 2.24) is 4.98 Å². The Bertz CT molecular complexity index is 623. The molecule has 1 aliphatic rings. The van der Waals surface area contributed by atoms with E-state index in [4.69, 9.17) is 5.73 Å². The summed E-state index contributed by atoms with van der Waals surface area (Å²) in [5.74, 6) is -0.00308. The van der Waals surface area contributed by atoms with Crippen LogP contribution in [0.15, 0.2) is 29.6 Å². The van der Waals surface area contributed by atoms with Gasteiger partial charge < -0.3 is 10.6 Å². The number of aromatic nitrogens is 1. The molecule has 0 bridgehead atoms. The molecule has 1 aliphatic heterocycles. The molecule has 1 aromatic carbocycles. The first-order valence-electron chi connectivity index (χ1n) is 6.84. The van der Waals surface area contributed by atoms with E-state index in [0.29, 0.717) is 12.2 Å². The van der Waals surface area contributed by atoms with Crippen molar-refractivity contribution >= 4 is 22.9 Å². The number of rotatable bonds is 3. The van der Waals surface area contributed by atoms with E-state index in [-0.39, 0.29) is 5.91 Å². The van der Waals surface area contributed by atoms with Crippen LogP contribution in [0.4, 0.5) is 5.69 Å². The largest absolute Gasteiger partial charge is 0.330 e. The van der Waals surface area contributed by atoms with Gasteiger partial charge in [-0.25, -0.2) is 4.98 Å². The minimum Gasteiger partial charge on any atom is -0.330 e. The van der Waals surface area contributed by atoms with Gasteiger partial charge in [0.05, 0.1) is 5.01 Å². The second kappa shape index (κ2) is 5.73. The van der Waals surface area contributed by atoms with Crippen LogP contribution in [0.25, 0.3) is 0 Å².